The predicted octanol–water partition coefficient (Wildman–Crippen LogP) is 2.64. The van der Waals surface area contributed by atoms with E-state index in [4.69, 9.17) is 10.7 Å². The molecule has 1 aliphatic heterocycles. The molecule has 1 aliphatic carbocycles. The van der Waals surface area contributed by atoms with Crippen molar-refractivity contribution in [3.63, 3.8) is 0 Å². The Morgan fingerprint density at radius 3 is 2.48 bits per heavy atom. The average Bonchev–Trinajstić information content (AvgIpc) is 2.77. The summed E-state index contributed by atoms with van der Waals surface area (Å²) in [5.74, 6) is 0. The maximum atomic E-state index is 6.39. The van der Waals surface area contributed by atoms with E-state index >= 15 is 0 Å². The normalized spacial score (nSPS) is 33.0. The summed E-state index contributed by atoms with van der Waals surface area (Å²) in [6, 6.07) is 1.30. The molecule has 2 N–H and O–H groups in total. The number of thiazole rings is 1. The van der Waals surface area contributed by atoms with Gasteiger partial charge in [0.25, 0.3) is 0 Å². The van der Waals surface area contributed by atoms with E-state index in [-0.39, 0.29) is 11.5 Å². The topological polar surface area (TPSA) is 45.4 Å². The lowest BCUT2D eigenvalue weighted by atomic mass is 9.77. The minimum atomic E-state index is 0.164. The largest absolute Gasteiger partial charge is 0.345 e. The van der Waals surface area contributed by atoms with Crippen LogP contribution in [0.2, 0.25) is 0 Å². The summed E-state index contributed by atoms with van der Waals surface area (Å²) in [5.41, 5.74) is 7.91. The van der Waals surface area contributed by atoms with Crippen LogP contribution in [0, 0.1) is 5.41 Å². The number of nitrogens with zero attached hydrogens (tertiary/aromatic N) is 3. The van der Waals surface area contributed by atoms with Gasteiger partial charge >= 0.3 is 0 Å². The molecule has 3 unspecified atom stereocenters. The van der Waals surface area contributed by atoms with Gasteiger partial charge in [0.05, 0.1) is 5.69 Å². The highest BCUT2D eigenvalue weighted by Gasteiger charge is 2.35. The van der Waals surface area contributed by atoms with E-state index in [1.54, 1.807) is 0 Å². The van der Waals surface area contributed by atoms with Gasteiger partial charge in [0.1, 0.15) is 0 Å². The number of rotatable bonds is 1. The Morgan fingerprint density at radius 1 is 1.24 bits per heavy atom. The molecule has 0 radical (unpaired) electrons. The van der Waals surface area contributed by atoms with Gasteiger partial charge < -0.3 is 10.6 Å². The minimum absolute atomic E-state index is 0.164. The molecule has 1 saturated heterocycles. The summed E-state index contributed by atoms with van der Waals surface area (Å²) < 4.78 is 0. The summed E-state index contributed by atoms with van der Waals surface area (Å²) >= 11 is 1.83. The number of anilines is 1. The zero-order valence-electron chi connectivity index (χ0n) is 13.9. The first-order chi connectivity index (χ1) is 9.77. The van der Waals surface area contributed by atoms with Crippen molar-refractivity contribution in [1.29, 1.82) is 0 Å². The van der Waals surface area contributed by atoms with Crippen LogP contribution >= 0.6 is 11.3 Å². The summed E-state index contributed by atoms with van der Waals surface area (Å²) in [6.07, 6.45) is 2.13. The van der Waals surface area contributed by atoms with Gasteiger partial charge in [-0.25, -0.2) is 4.98 Å². The Balaban J connectivity index is 1.85. The highest BCUT2D eigenvalue weighted by Crippen LogP contribution is 2.44. The zero-order chi connectivity index (χ0) is 15.4. The smallest absolute Gasteiger partial charge is 0.185 e. The van der Waals surface area contributed by atoms with Crippen molar-refractivity contribution in [2.24, 2.45) is 11.1 Å². The van der Waals surface area contributed by atoms with Gasteiger partial charge in [-0.3, -0.25) is 4.90 Å². The molecule has 3 atom stereocenters. The number of hydrogen-bond donors (Lipinski definition) is 1. The van der Waals surface area contributed by atoms with E-state index in [1.165, 1.54) is 15.7 Å². The molecule has 0 amide bonds. The molecular weight excluding hydrogens is 280 g/mol. The number of aromatic nitrogens is 1. The van der Waals surface area contributed by atoms with Crippen LogP contribution in [0.15, 0.2) is 0 Å². The summed E-state index contributed by atoms with van der Waals surface area (Å²) in [7, 11) is 2.22. The van der Waals surface area contributed by atoms with Crippen LogP contribution < -0.4 is 10.6 Å². The van der Waals surface area contributed by atoms with Crippen molar-refractivity contribution in [3.05, 3.63) is 10.6 Å². The van der Waals surface area contributed by atoms with Crippen molar-refractivity contribution in [2.75, 3.05) is 25.0 Å². The third-order valence-corrected chi connectivity index (χ3v) is 6.39. The van der Waals surface area contributed by atoms with Crippen LogP contribution in [0.1, 0.15) is 50.7 Å². The van der Waals surface area contributed by atoms with Gasteiger partial charge in [0.15, 0.2) is 5.13 Å². The summed E-state index contributed by atoms with van der Waals surface area (Å²) in [6.45, 7) is 11.3. The SMILES string of the molecule is CC1CN(c2nc3c(s2)C(N)CC(C)(C)C3)CC(C)N1C. The van der Waals surface area contributed by atoms with E-state index in [0.29, 0.717) is 12.1 Å². The second kappa shape index (κ2) is 5.21. The molecule has 1 fully saturated rings. The number of fused-ring (bicyclic) bond motifs is 1. The van der Waals surface area contributed by atoms with Crippen LogP contribution in [-0.2, 0) is 6.42 Å². The second-order valence-electron chi connectivity index (χ2n) is 7.73. The van der Waals surface area contributed by atoms with Gasteiger partial charge in [-0.05, 0) is 39.2 Å². The molecule has 0 aromatic carbocycles. The Kier molecular flexibility index (Phi) is 3.79. The first kappa shape index (κ1) is 15.3. The summed E-state index contributed by atoms with van der Waals surface area (Å²) in [4.78, 5) is 11.2. The minimum Gasteiger partial charge on any atom is -0.345 e. The highest BCUT2D eigenvalue weighted by molar-refractivity contribution is 7.15. The second-order valence-corrected chi connectivity index (χ2v) is 8.74. The number of piperazine rings is 1. The standard InChI is InChI=1S/C16H28N4S/c1-10-8-20(9-11(2)19(10)5)15-18-13-7-16(3,4)6-12(17)14(13)21-15/h10-12H,6-9,17H2,1-5H3. The fraction of sp³-hybridized carbons (Fsp3) is 0.812. The lowest BCUT2D eigenvalue weighted by Gasteiger charge is -2.42. The van der Waals surface area contributed by atoms with Crippen LogP contribution in [0.25, 0.3) is 0 Å². The van der Waals surface area contributed by atoms with Crippen molar-refractivity contribution in [2.45, 2.75) is 58.7 Å². The van der Waals surface area contributed by atoms with E-state index in [1.807, 2.05) is 11.3 Å². The molecule has 1 aromatic rings. The molecule has 21 heavy (non-hydrogen) atoms. The van der Waals surface area contributed by atoms with Crippen molar-refractivity contribution >= 4 is 16.5 Å². The predicted molar refractivity (Wildman–Crippen MR) is 90.0 cm³/mol. The van der Waals surface area contributed by atoms with E-state index in [9.17, 15) is 0 Å². The first-order valence-corrected chi connectivity index (χ1v) is 8.80. The lowest BCUT2D eigenvalue weighted by molar-refractivity contribution is 0.170. The van der Waals surface area contributed by atoms with E-state index < -0.39 is 0 Å². The number of hydrogen-bond acceptors (Lipinski definition) is 5. The monoisotopic (exact) mass is 308 g/mol. The molecule has 1 aromatic heterocycles. The van der Waals surface area contributed by atoms with Gasteiger partial charge in [-0.15, -0.1) is 0 Å². The Hall–Kier alpha value is -0.650. The van der Waals surface area contributed by atoms with Crippen LogP contribution in [-0.4, -0.2) is 42.1 Å². The van der Waals surface area contributed by atoms with Crippen molar-refractivity contribution in [1.82, 2.24) is 9.88 Å². The molecule has 0 saturated carbocycles. The quantitative estimate of drug-likeness (QED) is 0.866. The van der Waals surface area contributed by atoms with Crippen LogP contribution in [0.5, 0.6) is 0 Å². The van der Waals surface area contributed by atoms with E-state index in [2.05, 4.69) is 44.5 Å². The van der Waals surface area contributed by atoms with Gasteiger partial charge in [-0.1, -0.05) is 25.2 Å². The maximum Gasteiger partial charge on any atom is 0.185 e. The Bertz CT molecular complexity index is 512. The lowest BCUT2D eigenvalue weighted by Crippen LogP contribution is -2.55. The fourth-order valence-corrected chi connectivity index (χ4v) is 4.78. The maximum absolute atomic E-state index is 6.39. The molecule has 0 bridgehead atoms. The number of likely N-dealkylation sites (N-methyl/N-ethyl adjacent to an activating group) is 1. The third kappa shape index (κ3) is 2.83. The van der Waals surface area contributed by atoms with Crippen molar-refractivity contribution in [3.8, 4) is 0 Å². The zero-order valence-corrected chi connectivity index (χ0v) is 14.7. The molecule has 0 spiro atoms. The third-order valence-electron chi connectivity index (χ3n) is 5.10. The average molecular weight is 308 g/mol. The fourth-order valence-electron chi connectivity index (χ4n) is 3.68. The molecule has 4 nitrogen and oxygen atoms in total. The molecule has 2 aliphatic rings. The molecule has 118 valence electrons. The molecule has 2 heterocycles. The molecule has 3 rings (SSSR count). The first-order valence-electron chi connectivity index (χ1n) is 7.99. The molecule has 5 heteroatoms. The van der Waals surface area contributed by atoms with Gasteiger partial charge in [0.2, 0.25) is 0 Å². The number of nitrogens with two attached hydrogens (primary N) is 1. The Morgan fingerprint density at radius 2 is 1.86 bits per heavy atom. The van der Waals surface area contributed by atoms with Gasteiger partial charge in [0, 0.05) is 36.1 Å². The van der Waals surface area contributed by atoms with E-state index in [0.717, 1.165) is 25.9 Å². The highest BCUT2D eigenvalue weighted by atomic mass is 32.1. The molecular formula is C16H28N4S. The van der Waals surface area contributed by atoms with Crippen LogP contribution in [0.3, 0.4) is 0 Å². The summed E-state index contributed by atoms with van der Waals surface area (Å²) in [5, 5.41) is 1.18. The Labute approximate surface area is 132 Å². The van der Waals surface area contributed by atoms with Gasteiger partial charge in [-0.2, -0.15) is 0 Å². The van der Waals surface area contributed by atoms with Crippen LogP contribution in [0.4, 0.5) is 5.13 Å². The van der Waals surface area contributed by atoms with Crippen molar-refractivity contribution < 1.29 is 0 Å².